The summed E-state index contributed by atoms with van der Waals surface area (Å²) in [6.07, 6.45) is 0. The number of nitriles is 1. The molecule has 0 fully saturated rings. The number of aromatic nitrogens is 1. The Labute approximate surface area is 84.6 Å². The molecule has 6 heteroatoms. The lowest BCUT2D eigenvalue weighted by molar-refractivity contribution is -0.137. The normalized spacial score (nSPS) is 9.60. The van der Waals surface area contributed by atoms with Crippen LogP contribution in [0.4, 0.5) is 0 Å². The van der Waals surface area contributed by atoms with Crippen LogP contribution in [0.2, 0.25) is 0 Å². The van der Waals surface area contributed by atoms with Crippen molar-refractivity contribution in [2.75, 3.05) is 0 Å². The second kappa shape index (κ2) is 3.84. The molecular weight excluding hydrogens is 200 g/mol. The van der Waals surface area contributed by atoms with E-state index in [1.807, 2.05) is 0 Å². The van der Waals surface area contributed by atoms with Gasteiger partial charge in [0.05, 0.1) is 0 Å². The van der Waals surface area contributed by atoms with Gasteiger partial charge in [0.1, 0.15) is 18.2 Å². The van der Waals surface area contributed by atoms with Crippen LogP contribution in [0.3, 0.4) is 0 Å². The summed E-state index contributed by atoms with van der Waals surface area (Å²) in [6, 6.07) is 2.81. The van der Waals surface area contributed by atoms with Crippen molar-refractivity contribution in [3.05, 3.63) is 27.5 Å². The van der Waals surface area contributed by atoms with E-state index in [9.17, 15) is 14.7 Å². The summed E-state index contributed by atoms with van der Waals surface area (Å²) in [6.45, 7) is 0.824. The number of carbonyl (C=O) groups is 1. The second-order valence-corrected chi connectivity index (χ2v) is 2.96. The van der Waals surface area contributed by atoms with Gasteiger partial charge in [-0.15, -0.1) is 0 Å². The molecule has 6 nitrogen and oxygen atoms in total. The van der Waals surface area contributed by atoms with Crippen LogP contribution in [-0.2, 0) is 11.3 Å². The Bertz CT molecular complexity index is 510. The number of carboxylic acid groups (broad SMARTS) is 1. The number of rotatable bonds is 2. The highest BCUT2D eigenvalue weighted by atomic mass is 16.4. The van der Waals surface area contributed by atoms with Gasteiger partial charge in [-0.05, 0) is 12.5 Å². The molecule has 1 rings (SSSR count). The molecule has 0 saturated carbocycles. The molecular formula is C9H8N2O4. The zero-order chi connectivity index (χ0) is 11.6. The summed E-state index contributed by atoms with van der Waals surface area (Å²) >= 11 is 0. The van der Waals surface area contributed by atoms with Crippen LogP contribution in [-0.4, -0.2) is 20.7 Å². The van der Waals surface area contributed by atoms with Crippen LogP contribution < -0.4 is 5.56 Å². The van der Waals surface area contributed by atoms with Gasteiger partial charge in [-0.25, -0.2) is 0 Å². The lowest BCUT2D eigenvalue weighted by Crippen LogP contribution is -2.24. The first-order valence-electron chi connectivity index (χ1n) is 4.02. The molecule has 0 aliphatic carbocycles. The minimum atomic E-state index is -1.26. The molecule has 0 atom stereocenters. The maximum absolute atomic E-state index is 11.3. The summed E-state index contributed by atoms with van der Waals surface area (Å²) in [7, 11) is 0. The van der Waals surface area contributed by atoms with Gasteiger partial charge in [-0.1, -0.05) is 0 Å². The van der Waals surface area contributed by atoms with Gasteiger partial charge in [-0.2, -0.15) is 5.26 Å². The number of hydrogen-bond donors (Lipinski definition) is 2. The van der Waals surface area contributed by atoms with E-state index in [4.69, 9.17) is 10.4 Å². The molecule has 78 valence electrons. The van der Waals surface area contributed by atoms with Crippen molar-refractivity contribution in [2.45, 2.75) is 13.5 Å². The smallest absolute Gasteiger partial charge is 0.323 e. The maximum atomic E-state index is 11.3. The van der Waals surface area contributed by atoms with Gasteiger partial charge in [0.15, 0.2) is 0 Å². The van der Waals surface area contributed by atoms with E-state index in [1.165, 1.54) is 6.92 Å². The van der Waals surface area contributed by atoms with Crippen LogP contribution in [0.25, 0.3) is 0 Å². The predicted molar refractivity (Wildman–Crippen MR) is 49.5 cm³/mol. The van der Waals surface area contributed by atoms with Gasteiger partial charge < -0.3 is 10.2 Å². The van der Waals surface area contributed by atoms with E-state index in [2.05, 4.69) is 0 Å². The van der Waals surface area contributed by atoms with Crippen molar-refractivity contribution in [1.29, 1.82) is 5.26 Å². The maximum Gasteiger partial charge on any atom is 0.323 e. The number of aliphatic carboxylic acids is 1. The van der Waals surface area contributed by atoms with E-state index < -0.39 is 24.0 Å². The Kier molecular flexibility index (Phi) is 2.76. The Morgan fingerprint density at radius 2 is 2.27 bits per heavy atom. The van der Waals surface area contributed by atoms with Gasteiger partial charge in [0, 0.05) is 6.07 Å². The second-order valence-electron chi connectivity index (χ2n) is 2.96. The lowest BCUT2D eigenvalue weighted by atomic mass is 10.1. The van der Waals surface area contributed by atoms with Crippen LogP contribution in [0.1, 0.15) is 11.1 Å². The molecule has 1 aromatic rings. The molecule has 15 heavy (non-hydrogen) atoms. The van der Waals surface area contributed by atoms with Gasteiger partial charge in [0.25, 0.3) is 5.56 Å². The van der Waals surface area contributed by atoms with Crippen LogP contribution in [0.5, 0.6) is 5.88 Å². The van der Waals surface area contributed by atoms with E-state index in [0.717, 1.165) is 6.07 Å². The van der Waals surface area contributed by atoms with E-state index in [1.54, 1.807) is 6.07 Å². The molecule has 1 aromatic heterocycles. The van der Waals surface area contributed by atoms with Gasteiger partial charge in [-0.3, -0.25) is 14.2 Å². The number of hydrogen-bond acceptors (Lipinski definition) is 4. The molecule has 0 radical (unpaired) electrons. The number of pyridine rings is 1. The molecule has 0 aliphatic heterocycles. The largest absolute Gasteiger partial charge is 0.493 e. The molecule has 0 amide bonds. The standard InChI is InChI=1S/C9H8N2O4/c1-5-2-7(12)11(4-8(13)14)9(15)6(5)3-10/h2,15H,4H2,1H3,(H,13,14). The van der Waals surface area contributed by atoms with Crippen molar-refractivity contribution in [3.8, 4) is 11.9 Å². The van der Waals surface area contributed by atoms with Crippen LogP contribution in [0.15, 0.2) is 10.9 Å². The lowest BCUT2D eigenvalue weighted by Gasteiger charge is -2.07. The summed E-state index contributed by atoms with van der Waals surface area (Å²) in [4.78, 5) is 21.7. The summed E-state index contributed by atoms with van der Waals surface area (Å²) in [5.74, 6) is -1.87. The van der Waals surface area contributed by atoms with Crippen molar-refractivity contribution >= 4 is 5.97 Å². The molecule has 2 N–H and O–H groups in total. The zero-order valence-corrected chi connectivity index (χ0v) is 7.89. The zero-order valence-electron chi connectivity index (χ0n) is 7.89. The van der Waals surface area contributed by atoms with E-state index in [0.29, 0.717) is 10.1 Å². The van der Waals surface area contributed by atoms with Crippen molar-refractivity contribution in [2.24, 2.45) is 0 Å². The highest BCUT2D eigenvalue weighted by molar-refractivity contribution is 5.67. The Morgan fingerprint density at radius 1 is 1.67 bits per heavy atom. The SMILES string of the molecule is Cc1cc(=O)n(CC(=O)O)c(O)c1C#N. The quantitative estimate of drug-likeness (QED) is 0.701. The molecule has 0 aromatic carbocycles. The fraction of sp³-hybridized carbons (Fsp3) is 0.222. The molecule has 1 heterocycles. The predicted octanol–water partition coefficient (Wildman–Crippen LogP) is -0.181. The monoisotopic (exact) mass is 208 g/mol. The van der Waals surface area contributed by atoms with Crippen LogP contribution in [0, 0.1) is 18.3 Å². The molecule has 0 aliphatic rings. The third-order valence-electron chi connectivity index (χ3n) is 1.88. The minimum Gasteiger partial charge on any atom is -0.493 e. The third kappa shape index (κ3) is 1.96. The van der Waals surface area contributed by atoms with Crippen LogP contribution >= 0.6 is 0 Å². The molecule has 0 spiro atoms. The summed E-state index contributed by atoms with van der Waals surface area (Å²) < 4.78 is 0.633. The number of nitrogens with zero attached hydrogens (tertiary/aromatic N) is 2. The number of aromatic hydroxyl groups is 1. The highest BCUT2D eigenvalue weighted by Gasteiger charge is 2.13. The van der Waals surface area contributed by atoms with Gasteiger partial charge >= 0.3 is 5.97 Å². The van der Waals surface area contributed by atoms with Crippen molar-refractivity contribution < 1.29 is 15.0 Å². The van der Waals surface area contributed by atoms with E-state index >= 15 is 0 Å². The molecule has 0 saturated heterocycles. The summed E-state index contributed by atoms with van der Waals surface area (Å²) in [5, 5.41) is 26.6. The number of aryl methyl sites for hydroxylation is 1. The fourth-order valence-corrected chi connectivity index (χ4v) is 1.18. The van der Waals surface area contributed by atoms with Crippen molar-refractivity contribution in [3.63, 3.8) is 0 Å². The average Bonchev–Trinajstić information content (AvgIpc) is 2.12. The Morgan fingerprint density at radius 3 is 2.73 bits per heavy atom. The Balaban J connectivity index is 3.47. The van der Waals surface area contributed by atoms with Gasteiger partial charge in [0.2, 0.25) is 5.88 Å². The first kappa shape index (κ1) is 10.8. The topological polar surface area (TPSA) is 103 Å². The molecule has 0 unspecified atom stereocenters. The minimum absolute atomic E-state index is 0.0872. The van der Waals surface area contributed by atoms with E-state index in [-0.39, 0.29) is 5.56 Å². The number of carboxylic acids is 1. The fourth-order valence-electron chi connectivity index (χ4n) is 1.18. The molecule has 0 bridgehead atoms. The average molecular weight is 208 g/mol. The first-order chi connectivity index (χ1) is 6.97. The first-order valence-corrected chi connectivity index (χ1v) is 4.02. The third-order valence-corrected chi connectivity index (χ3v) is 1.88. The van der Waals surface area contributed by atoms with Crippen molar-refractivity contribution in [1.82, 2.24) is 4.57 Å². The summed E-state index contributed by atoms with van der Waals surface area (Å²) in [5.41, 5.74) is -0.413. The highest BCUT2D eigenvalue weighted by Crippen LogP contribution is 2.16. The Hall–Kier alpha value is -2.29.